The van der Waals surface area contributed by atoms with Crippen molar-refractivity contribution in [2.75, 3.05) is 0 Å². The first kappa shape index (κ1) is 26.1. The summed E-state index contributed by atoms with van der Waals surface area (Å²) in [5, 5.41) is 9.38. The number of benzene rings is 2. The molecule has 0 amide bonds. The van der Waals surface area contributed by atoms with Gasteiger partial charge in [-0.05, 0) is 55.5 Å². The van der Waals surface area contributed by atoms with Gasteiger partial charge < -0.3 is 0 Å². The van der Waals surface area contributed by atoms with Crippen LogP contribution in [0.4, 0.5) is 0 Å². The quantitative estimate of drug-likeness (QED) is 0.380. The second-order valence-corrected chi connectivity index (χ2v) is 13.1. The maximum absolute atomic E-state index is 12.9. The topological polar surface area (TPSA) is 46.5 Å². The molecule has 2 aromatic carbocycles. The van der Waals surface area contributed by atoms with Gasteiger partial charge in [0.2, 0.25) is 0 Å². The van der Waals surface area contributed by atoms with Crippen molar-refractivity contribution in [1.29, 1.82) is 0 Å². The maximum Gasteiger partial charge on any atom is 0.373 e. The molecule has 0 heterocycles. The molecule has 0 aliphatic carbocycles. The van der Waals surface area contributed by atoms with Gasteiger partial charge in [0.15, 0.2) is 0 Å². The zero-order valence-electron chi connectivity index (χ0n) is 22.2. The molecule has 2 aromatic rings. The monoisotopic (exact) mass is 438 g/mol. The fourth-order valence-corrected chi connectivity index (χ4v) is 4.02. The predicted octanol–water partition coefficient (Wildman–Crippen LogP) is 8.17. The Balaban J connectivity index is 3.10. The molecule has 0 fully saturated rings. The molecule has 0 atom stereocenters. The van der Waals surface area contributed by atoms with Crippen molar-refractivity contribution in [2.45, 2.75) is 105 Å². The van der Waals surface area contributed by atoms with Crippen molar-refractivity contribution in [2.24, 2.45) is 0 Å². The predicted molar refractivity (Wildman–Crippen MR) is 135 cm³/mol. The number of rotatable bonds is 2. The van der Waals surface area contributed by atoms with Gasteiger partial charge in [0.05, 0.1) is 5.56 Å². The van der Waals surface area contributed by atoms with Crippen LogP contribution in [0.1, 0.15) is 116 Å². The molecule has 0 bridgehead atoms. The molecular weight excluding hydrogens is 396 g/mol. The van der Waals surface area contributed by atoms with Gasteiger partial charge in [0.25, 0.3) is 0 Å². The van der Waals surface area contributed by atoms with Crippen LogP contribution in [0.5, 0.6) is 0 Å². The van der Waals surface area contributed by atoms with Crippen LogP contribution in [0, 0.1) is 0 Å². The Kier molecular flexibility index (Phi) is 6.80. The highest BCUT2D eigenvalue weighted by Gasteiger charge is 2.32. The molecule has 32 heavy (non-hydrogen) atoms. The molecule has 176 valence electrons. The van der Waals surface area contributed by atoms with E-state index < -0.39 is 5.97 Å². The molecule has 0 saturated carbocycles. The Morgan fingerprint density at radius 3 is 1.53 bits per heavy atom. The third-order valence-corrected chi connectivity index (χ3v) is 6.08. The molecule has 0 aliphatic heterocycles. The molecule has 0 saturated heterocycles. The SMILES string of the molecule is CC(C)(C)c1ccc(-c2c(C(=O)OO)cc(C(C)(C)C)cc2C(C)(C)C)c(C(C)(C)C)c1. The average Bonchev–Trinajstić information content (AvgIpc) is 2.63. The van der Waals surface area contributed by atoms with E-state index in [0.717, 1.165) is 22.3 Å². The highest BCUT2D eigenvalue weighted by Crippen LogP contribution is 2.44. The number of hydrogen-bond acceptors (Lipinski definition) is 3. The van der Waals surface area contributed by atoms with Crippen LogP contribution in [0.15, 0.2) is 30.3 Å². The van der Waals surface area contributed by atoms with Crippen molar-refractivity contribution in [1.82, 2.24) is 0 Å². The van der Waals surface area contributed by atoms with Crippen LogP contribution < -0.4 is 0 Å². The second kappa shape index (κ2) is 8.33. The van der Waals surface area contributed by atoms with E-state index in [9.17, 15) is 10.1 Å². The fourth-order valence-electron chi connectivity index (χ4n) is 4.02. The summed E-state index contributed by atoms with van der Waals surface area (Å²) in [6, 6.07) is 10.7. The van der Waals surface area contributed by atoms with Crippen LogP contribution in [-0.2, 0) is 26.5 Å². The normalized spacial score (nSPS) is 13.3. The summed E-state index contributed by atoms with van der Waals surface area (Å²) >= 11 is 0. The van der Waals surface area contributed by atoms with Crippen LogP contribution in [0.25, 0.3) is 11.1 Å². The largest absolute Gasteiger partial charge is 0.373 e. The summed E-state index contributed by atoms with van der Waals surface area (Å²) in [5.41, 5.74) is 6.26. The number of carbonyl (C=O) groups excluding carboxylic acids is 1. The summed E-state index contributed by atoms with van der Waals surface area (Å²) < 4.78 is 0. The molecule has 2 rings (SSSR count). The van der Waals surface area contributed by atoms with E-state index in [0.29, 0.717) is 5.56 Å². The standard InChI is InChI=1S/C29H42O3/c1-26(2,3)18-13-14-20(22(16-18)28(7,8)9)24-21(25(30)32-31)15-19(27(4,5)6)17-23(24)29(10,11)12/h13-17,31H,1-12H3. The number of carbonyl (C=O) groups is 1. The van der Waals surface area contributed by atoms with Crippen LogP contribution in [0.3, 0.4) is 0 Å². The molecule has 0 unspecified atom stereocenters. The Hall–Kier alpha value is -2.13. The molecule has 3 nitrogen and oxygen atoms in total. The van der Waals surface area contributed by atoms with Gasteiger partial charge in [0, 0.05) is 5.56 Å². The van der Waals surface area contributed by atoms with Crippen LogP contribution >= 0.6 is 0 Å². The van der Waals surface area contributed by atoms with Gasteiger partial charge in [0.1, 0.15) is 0 Å². The molecule has 0 aliphatic rings. The van der Waals surface area contributed by atoms with E-state index in [4.69, 9.17) is 0 Å². The van der Waals surface area contributed by atoms with E-state index in [-0.39, 0.29) is 21.7 Å². The molecule has 0 aromatic heterocycles. The van der Waals surface area contributed by atoms with E-state index >= 15 is 0 Å². The summed E-state index contributed by atoms with van der Waals surface area (Å²) in [4.78, 5) is 17.2. The van der Waals surface area contributed by atoms with Crippen LogP contribution in [-0.4, -0.2) is 11.2 Å². The Bertz CT molecular complexity index is 1000. The van der Waals surface area contributed by atoms with Crippen molar-refractivity contribution in [3.63, 3.8) is 0 Å². The Morgan fingerprint density at radius 2 is 1.12 bits per heavy atom. The summed E-state index contributed by atoms with van der Waals surface area (Å²) in [7, 11) is 0. The first-order valence-electron chi connectivity index (χ1n) is 11.5. The highest BCUT2D eigenvalue weighted by atomic mass is 17.1. The fraction of sp³-hybridized carbons (Fsp3) is 0.552. The zero-order valence-corrected chi connectivity index (χ0v) is 22.2. The van der Waals surface area contributed by atoms with Gasteiger partial charge in [-0.2, -0.15) is 5.26 Å². The van der Waals surface area contributed by atoms with Crippen molar-refractivity contribution in [3.05, 3.63) is 58.1 Å². The smallest absolute Gasteiger partial charge is 0.295 e. The van der Waals surface area contributed by atoms with Gasteiger partial charge in [-0.1, -0.05) is 107 Å². The van der Waals surface area contributed by atoms with Crippen molar-refractivity contribution in [3.8, 4) is 11.1 Å². The maximum atomic E-state index is 12.9. The first-order valence-corrected chi connectivity index (χ1v) is 11.5. The Morgan fingerprint density at radius 1 is 0.656 bits per heavy atom. The second-order valence-electron chi connectivity index (χ2n) is 13.1. The highest BCUT2D eigenvalue weighted by molar-refractivity contribution is 5.99. The van der Waals surface area contributed by atoms with Gasteiger partial charge in [-0.3, -0.25) is 4.89 Å². The lowest BCUT2D eigenvalue weighted by atomic mass is 9.71. The number of hydrogen-bond donors (Lipinski definition) is 1. The van der Waals surface area contributed by atoms with E-state index in [1.807, 2.05) is 6.07 Å². The zero-order chi connectivity index (χ0) is 24.9. The molecule has 0 radical (unpaired) electrons. The molecular formula is C29H42O3. The van der Waals surface area contributed by atoms with Crippen molar-refractivity contribution >= 4 is 5.97 Å². The average molecular weight is 439 g/mol. The summed E-state index contributed by atoms with van der Waals surface area (Å²) in [6.45, 7) is 26.1. The van der Waals surface area contributed by atoms with Gasteiger partial charge in [-0.15, -0.1) is 0 Å². The lowest BCUT2D eigenvalue weighted by molar-refractivity contribution is -0.182. The van der Waals surface area contributed by atoms with E-state index in [1.165, 1.54) is 11.1 Å². The summed E-state index contributed by atoms with van der Waals surface area (Å²) in [6.07, 6.45) is 0. The molecule has 1 N–H and O–H groups in total. The molecule has 0 spiro atoms. The third kappa shape index (κ3) is 5.43. The van der Waals surface area contributed by atoms with E-state index in [1.54, 1.807) is 0 Å². The minimum Gasteiger partial charge on any atom is -0.295 e. The van der Waals surface area contributed by atoms with Gasteiger partial charge in [-0.25, -0.2) is 4.79 Å². The minimum absolute atomic E-state index is 0.00827. The Labute approximate surface area is 195 Å². The lowest BCUT2D eigenvalue weighted by Crippen LogP contribution is -2.22. The minimum atomic E-state index is -0.726. The third-order valence-electron chi connectivity index (χ3n) is 6.08. The lowest BCUT2D eigenvalue weighted by Gasteiger charge is -2.32. The van der Waals surface area contributed by atoms with Crippen molar-refractivity contribution < 1.29 is 14.9 Å². The summed E-state index contributed by atoms with van der Waals surface area (Å²) in [5.74, 6) is -0.726. The van der Waals surface area contributed by atoms with E-state index in [2.05, 4.69) is 112 Å². The first-order chi connectivity index (χ1) is 14.3. The van der Waals surface area contributed by atoms with Crippen LogP contribution in [0.2, 0.25) is 0 Å². The molecule has 3 heteroatoms. The van der Waals surface area contributed by atoms with Gasteiger partial charge >= 0.3 is 5.97 Å².